The third kappa shape index (κ3) is 4.64. The molecule has 2 aromatic rings. The van der Waals surface area contributed by atoms with Gasteiger partial charge in [0.15, 0.2) is 0 Å². The zero-order chi connectivity index (χ0) is 17.5. The molecule has 0 radical (unpaired) electrons. The monoisotopic (exact) mass is 385 g/mol. The SMILES string of the molecule is CC(C)c1ccccc1NC(=O)/C(C#N)=C\Nc1ncc(Br)cn1. The van der Waals surface area contributed by atoms with E-state index in [1.807, 2.05) is 44.2 Å². The number of benzene rings is 1. The summed E-state index contributed by atoms with van der Waals surface area (Å²) in [7, 11) is 0. The largest absolute Gasteiger partial charge is 0.329 e. The number of carbonyl (C=O) groups excluding carboxylic acids is 1. The molecule has 0 bridgehead atoms. The first-order valence-electron chi connectivity index (χ1n) is 7.26. The smallest absolute Gasteiger partial charge is 0.267 e. The summed E-state index contributed by atoms with van der Waals surface area (Å²) in [6.45, 7) is 4.08. The highest BCUT2D eigenvalue weighted by Gasteiger charge is 2.13. The summed E-state index contributed by atoms with van der Waals surface area (Å²) in [6, 6.07) is 9.39. The topological polar surface area (TPSA) is 90.7 Å². The van der Waals surface area contributed by atoms with E-state index < -0.39 is 5.91 Å². The molecule has 0 saturated carbocycles. The van der Waals surface area contributed by atoms with Gasteiger partial charge in [0.25, 0.3) is 5.91 Å². The summed E-state index contributed by atoms with van der Waals surface area (Å²) in [5.74, 6) is 0.0573. The molecular formula is C17H16BrN5O. The Labute approximate surface area is 148 Å². The van der Waals surface area contributed by atoms with Crippen molar-refractivity contribution in [2.75, 3.05) is 10.6 Å². The molecule has 0 aliphatic rings. The van der Waals surface area contributed by atoms with Crippen molar-refractivity contribution < 1.29 is 4.79 Å². The maximum absolute atomic E-state index is 12.3. The van der Waals surface area contributed by atoms with Crippen LogP contribution in [0.25, 0.3) is 0 Å². The minimum Gasteiger partial charge on any atom is -0.329 e. The Morgan fingerprint density at radius 3 is 2.58 bits per heavy atom. The average Bonchev–Trinajstić information content (AvgIpc) is 2.57. The van der Waals surface area contributed by atoms with E-state index in [1.165, 1.54) is 6.20 Å². The molecule has 1 aromatic heterocycles. The molecule has 0 unspecified atom stereocenters. The van der Waals surface area contributed by atoms with Gasteiger partial charge in [-0.05, 0) is 33.5 Å². The maximum atomic E-state index is 12.3. The van der Waals surface area contributed by atoms with Crippen LogP contribution in [0.4, 0.5) is 11.6 Å². The lowest BCUT2D eigenvalue weighted by Gasteiger charge is -2.13. The highest BCUT2D eigenvalue weighted by atomic mass is 79.9. The van der Waals surface area contributed by atoms with Gasteiger partial charge in [0.2, 0.25) is 5.95 Å². The fourth-order valence-electron chi connectivity index (χ4n) is 1.98. The van der Waals surface area contributed by atoms with Gasteiger partial charge in [-0.25, -0.2) is 9.97 Å². The number of para-hydroxylation sites is 1. The summed E-state index contributed by atoms with van der Waals surface area (Å²) in [5.41, 5.74) is 1.63. The van der Waals surface area contributed by atoms with Crippen LogP contribution in [0.15, 0.2) is 52.9 Å². The number of anilines is 2. The van der Waals surface area contributed by atoms with Gasteiger partial charge in [-0.15, -0.1) is 0 Å². The fraction of sp³-hybridized carbons (Fsp3) is 0.176. The van der Waals surface area contributed by atoms with Gasteiger partial charge in [0.05, 0.1) is 4.47 Å². The van der Waals surface area contributed by atoms with Crippen molar-refractivity contribution in [2.45, 2.75) is 19.8 Å². The Balaban J connectivity index is 2.13. The number of aromatic nitrogens is 2. The van der Waals surface area contributed by atoms with Crippen LogP contribution in [0, 0.1) is 11.3 Å². The number of amides is 1. The molecule has 0 saturated heterocycles. The van der Waals surface area contributed by atoms with Crippen LogP contribution < -0.4 is 10.6 Å². The van der Waals surface area contributed by atoms with E-state index in [4.69, 9.17) is 0 Å². The quantitative estimate of drug-likeness (QED) is 0.602. The van der Waals surface area contributed by atoms with Gasteiger partial charge in [0.1, 0.15) is 11.6 Å². The molecule has 1 heterocycles. The lowest BCUT2D eigenvalue weighted by Crippen LogP contribution is -2.16. The Morgan fingerprint density at radius 1 is 1.29 bits per heavy atom. The molecule has 6 nitrogen and oxygen atoms in total. The average molecular weight is 386 g/mol. The van der Waals surface area contributed by atoms with Crippen LogP contribution in [0.5, 0.6) is 0 Å². The number of nitrogens with zero attached hydrogens (tertiary/aromatic N) is 3. The number of nitrogens with one attached hydrogen (secondary N) is 2. The van der Waals surface area contributed by atoms with Crippen LogP contribution in [-0.2, 0) is 4.79 Å². The molecule has 2 N–H and O–H groups in total. The Hall–Kier alpha value is -2.72. The summed E-state index contributed by atoms with van der Waals surface area (Å²) >= 11 is 3.23. The molecule has 122 valence electrons. The van der Waals surface area contributed by atoms with Crippen molar-refractivity contribution in [3.8, 4) is 6.07 Å². The fourth-order valence-corrected chi connectivity index (χ4v) is 2.18. The van der Waals surface area contributed by atoms with Crippen LogP contribution in [0.3, 0.4) is 0 Å². The molecule has 0 aliphatic heterocycles. The second-order valence-electron chi connectivity index (χ2n) is 5.24. The van der Waals surface area contributed by atoms with Crippen LogP contribution in [-0.4, -0.2) is 15.9 Å². The number of carbonyl (C=O) groups is 1. The van der Waals surface area contributed by atoms with Gasteiger partial charge >= 0.3 is 0 Å². The highest BCUT2D eigenvalue weighted by molar-refractivity contribution is 9.10. The molecule has 1 aromatic carbocycles. The molecule has 24 heavy (non-hydrogen) atoms. The third-order valence-electron chi connectivity index (χ3n) is 3.16. The van der Waals surface area contributed by atoms with E-state index in [0.717, 1.165) is 10.0 Å². The number of hydrogen-bond acceptors (Lipinski definition) is 5. The van der Waals surface area contributed by atoms with E-state index in [0.29, 0.717) is 11.6 Å². The molecular weight excluding hydrogens is 370 g/mol. The summed E-state index contributed by atoms with van der Waals surface area (Å²) in [6.07, 6.45) is 4.42. The van der Waals surface area contributed by atoms with Crippen LogP contribution in [0.2, 0.25) is 0 Å². The maximum Gasteiger partial charge on any atom is 0.267 e. The molecule has 0 spiro atoms. The molecule has 1 amide bonds. The Bertz CT molecular complexity index is 793. The lowest BCUT2D eigenvalue weighted by molar-refractivity contribution is -0.112. The third-order valence-corrected chi connectivity index (χ3v) is 3.57. The van der Waals surface area contributed by atoms with E-state index in [1.54, 1.807) is 12.4 Å². The van der Waals surface area contributed by atoms with E-state index in [2.05, 4.69) is 36.5 Å². The number of rotatable bonds is 5. The standard InChI is InChI=1S/C17H16BrN5O/c1-11(2)14-5-3-4-6-15(14)23-16(24)12(7-19)8-20-17-21-9-13(18)10-22-17/h3-6,8-11H,1-2H3,(H,23,24)(H,20,21,22)/b12-8-. The van der Waals surface area contributed by atoms with Crippen LogP contribution in [0.1, 0.15) is 25.3 Å². The molecule has 0 atom stereocenters. The van der Waals surface area contributed by atoms with Gasteiger partial charge in [-0.1, -0.05) is 32.0 Å². The van der Waals surface area contributed by atoms with Crippen LogP contribution >= 0.6 is 15.9 Å². The van der Waals surface area contributed by atoms with Gasteiger partial charge in [-0.3, -0.25) is 4.79 Å². The van der Waals surface area contributed by atoms with Crippen molar-refractivity contribution in [1.29, 1.82) is 5.26 Å². The summed E-state index contributed by atoms with van der Waals surface area (Å²) in [4.78, 5) is 20.3. The second kappa shape index (κ2) is 8.22. The minimum absolute atomic E-state index is 0.0694. The number of hydrogen-bond donors (Lipinski definition) is 2. The van der Waals surface area contributed by atoms with Gasteiger partial charge in [0, 0.05) is 24.3 Å². The first-order valence-corrected chi connectivity index (χ1v) is 8.05. The van der Waals surface area contributed by atoms with E-state index in [9.17, 15) is 10.1 Å². The lowest BCUT2D eigenvalue weighted by atomic mass is 10.0. The Morgan fingerprint density at radius 2 is 1.96 bits per heavy atom. The first-order chi connectivity index (χ1) is 11.5. The summed E-state index contributed by atoms with van der Waals surface area (Å²) < 4.78 is 0.737. The predicted molar refractivity (Wildman–Crippen MR) is 96.2 cm³/mol. The predicted octanol–water partition coefficient (Wildman–Crippen LogP) is 3.82. The second-order valence-corrected chi connectivity index (χ2v) is 6.15. The van der Waals surface area contributed by atoms with Gasteiger partial charge < -0.3 is 10.6 Å². The van der Waals surface area contributed by atoms with Crippen molar-refractivity contribution in [3.05, 3.63) is 58.5 Å². The zero-order valence-corrected chi connectivity index (χ0v) is 14.8. The number of halogens is 1. The normalized spacial score (nSPS) is 11.0. The Kier molecular flexibility index (Phi) is 6.04. The first kappa shape index (κ1) is 17.6. The van der Waals surface area contributed by atoms with Crippen molar-refractivity contribution in [1.82, 2.24) is 9.97 Å². The van der Waals surface area contributed by atoms with Crippen molar-refractivity contribution in [3.63, 3.8) is 0 Å². The molecule has 0 fully saturated rings. The minimum atomic E-state index is -0.491. The number of nitriles is 1. The highest BCUT2D eigenvalue weighted by Crippen LogP contribution is 2.24. The zero-order valence-electron chi connectivity index (χ0n) is 13.2. The molecule has 2 rings (SSSR count). The summed E-state index contributed by atoms with van der Waals surface area (Å²) in [5, 5.41) is 14.7. The van der Waals surface area contributed by atoms with Crippen molar-refractivity contribution in [2.24, 2.45) is 0 Å². The van der Waals surface area contributed by atoms with Crippen molar-refractivity contribution >= 4 is 33.5 Å². The van der Waals surface area contributed by atoms with Gasteiger partial charge in [-0.2, -0.15) is 5.26 Å². The molecule has 7 heteroatoms. The molecule has 0 aliphatic carbocycles. The van der Waals surface area contributed by atoms with E-state index in [-0.39, 0.29) is 11.5 Å². The van der Waals surface area contributed by atoms with E-state index >= 15 is 0 Å².